The van der Waals surface area contributed by atoms with Crippen LogP contribution in [0.3, 0.4) is 0 Å². The van der Waals surface area contributed by atoms with Gasteiger partial charge in [-0.1, -0.05) is 55.8 Å². The third-order valence-corrected chi connectivity index (χ3v) is 3.17. The minimum Gasteiger partial charge on any atom is -0.506 e. The van der Waals surface area contributed by atoms with E-state index in [4.69, 9.17) is 11.6 Å². The lowest BCUT2D eigenvalue weighted by molar-refractivity contribution is 0.476. The molecule has 2 rings (SSSR count). The van der Waals surface area contributed by atoms with Crippen LogP contribution in [0.1, 0.15) is 19.4 Å². The van der Waals surface area contributed by atoms with Crippen LogP contribution in [0.2, 0.25) is 5.02 Å². The van der Waals surface area contributed by atoms with Gasteiger partial charge in [-0.2, -0.15) is 0 Å². The Kier molecular flexibility index (Phi) is 3.93. The molecule has 0 unspecified atom stereocenters. The Hall–Kier alpha value is -1.47. The second kappa shape index (κ2) is 5.45. The van der Waals surface area contributed by atoms with Crippen molar-refractivity contribution in [1.82, 2.24) is 0 Å². The first kappa shape index (κ1) is 13.0. The molecule has 0 fully saturated rings. The highest BCUT2D eigenvalue weighted by molar-refractivity contribution is 6.32. The van der Waals surface area contributed by atoms with Crippen LogP contribution in [-0.4, -0.2) is 5.11 Å². The number of phenols is 1. The van der Waals surface area contributed by atoms with Gasteiger partial charge in [0.25, 0.3) is 0 Å². The molecule has 2 aromatic carbocycles. The Bertz CT molecular complexity index is 547. The van der Waals surface area contributed by atoms with Gasteiger partial charge < -0.3 is 5.11 Å². The Balaban J connectivity index is 2.35. The maximum absolute atomic E-state index is 9.64. The van der Waals surface area contributed by atoms with Crippen LogP contribution >= 0.6 is 11.6 Å². The zero-order valence-electron chi connectivity index (χ0n) is 10.7. The normalized spacial score (nSPS) is 10.9. The Morgan fingerprint density at radius 3 is 2.44 bits per heavy atom. The molecule has 0 amide bonds. The molecule has 18 heavy (non-hydrogen) atoms. The molecule has 2 aromatic rings. The minimum atomic E-state index is 0.128. The molecule has 0 aliphatic carbocycles. The second-order valence-electron chi connectivity index (χ2n) is 4.96. The molecule has 1 N–H and O–H groups in total. The predicted octanol–water partition coefficient (Wildman–Crippen LogP) is 4.91. The highest BCUT2D eigenvalue weighted by Crippen LogP contribution is 2.30. The molecule has 1 nitrogen and oxygen atoms in total. The fraction of sp³-hybridized carbons (Fsp3) is 0.250. The largest absolute Gasteiger partial charge is 0.506 e. The molecular formula is C16H17ClO. The number of benzene rings is 2. The van der Waals surface area contributed by atoms with Gasteiger partial charge in [0.1, 0.15) is 5.75 Å². The van der Waals surface area contributed by atoms with E-state index in [1.165, 1.54) is 5.56 Å². The summed E-state index contributed by atoms with van der Waals surface area (Å²) in [5.74, 6) is 0.766. The molecule has 0 bridgehead atoms. The third kappa shape index (κ3) is 3.05. The van der Waals surface area contributed by atoms with Crippen molar-refractivity contribution in [3.05, 3.63) is 53.1 Å². The van der Waals surface area contributed by atoms with E-state index in [9.17, 15) is 5.11 Å². The summed E-state index contributed by atoms with van der Waals surface area (Å²) in [7, 11) is 0. The molecule has 0 saturated carbocycles. The van der Waals surface area contributed by atoms with Crippen molar-refractivity contribution in [3.63, 3.8) is 0 Å². The molecule has 94 valence electrons. The van der Waals surface area contributed by atoms with E-state index >= 15 is 0 Å². The van der Waals surface area contributed by atoms with Crippen molar-refractivity contribution in [3.8, 4) is 16.9 Å². The highest BCUT2D eigenvalue weighted by atomic mass is 35.5. The summed E-state index contributed by atoms with van der Waals surface area (Å²) >= 11 is 5.82. The number of rotatable bonds is 3. The predicted molar refractivity (Wildman–Crippen MR) is 77.1 cm³/mol. The highest BCUT2D eigenvalue weighted by Gasteiger charge is 2.04. The van der Waals surface area contributed by atoms with Crippen LogP contribution in [0.15, 0.2) is 42.5 Å². The van der Waals surface area contributed by atoms with Gasteiger partial charge in [-0.05, 0) is 41.2 Å². The Labute approximate surface area is 113 Å². The van der Waals surface area contributed by atoms with Crippen molar-refractivity contribution in [2.75, 3.05) is 0 Å². The van der Waals surface area contributed by atoms with Gasteiger partial charge in [-0.3, -0.25) is 0 Å². The summed E-state index contributed by atoms with van der Waals surface area (Å²) in [4.78, 5) is 0. The van der Waals surface area contributed by atoms with Crippen LogP contribution in [0, 0.1) is 5.92 Å². The summed E-state index contributed by atoms with van der Waals surface area (Å²) in [5, 5.41) is 10.0. The smallest absolute Gasteiger partial charge is 0.134 e. The van der Waals surface area contributed by atoms with E-state index in [0.717, 1.165) is 17.5 Å². The van der Waals surface area contributed by atoms with Crippen LogP contribution in [-0.2, 0) is 6.42 Å². The number of phenolic OH excluding ortho intramolecular Hbond substituents is 1. The summed E-state index contributed by atoms with van der Waals surface area (Å²) in [6.07, 6.45) is 1.06. The van der Waals surface area contributed by atoms with Crippen molar-refractivity contribution in [2.45, 2.75) is 20.3 Å². The molecule has 0 heterocycles. The van der Waals surface area contributed by atoms with Crippen molar-refractivity contribution in [2.24, 2.45) is 5.92 Å². The zero-order valence-corrected chi connectivity index (χ0v) is 11.4. The molecule has 2 heteroatoms. The summed E-state index contributed by atoms with van der Waals surface area (Å²) < 4.78 is 0. The van der Waals surface area contributed by atoms with Crippen LogP contribution in [0.5, 0.6) is 5.75 Å². The van der Waals surface area contributed by atoms with Gasteiger partial charge in [-0.15, -0.1) is 0 Å². The molecule has 0 radical (unpaired) electrons. The first-order valence-electron chi connectivity index (χ1n) is 6.14. The van der Waals surface area contributed by atoms with Crippen LogP contribution in [0.25, 0.3) is 11.1 Å². The van der Waals surface area contributed by atoms with Gasteiger partial charge in [0.15, 0.2) is 0 Å². The maximum atomic E-state index is 9.64. The second-order valence-corrected chi connectivity index (χ2v) is 5.37. The van der Waals surface area contributed by atoms with Crippen molar-refractivity contribution in [1.29, 1.82) is 0 Å². The molecule has 0 atom stereocenters. The van der Waals surface area contributed by atoms with E-state index in [2.05, 4.69) is 32.0 Å². The molecule has 0 spiro atoms. The lowest BCUT2D eigenvalue weighted by atomic mass is 9.98. The Morgan fingerprint density at radius 1 is 1.06 bits per heavy atom. The fourth-order valence-corrected chi connectivity index (χ4v) is 2.16. The molecule has 0 aliphatic heterocycles. The van der Waals surface area contributed by atoms with E-state index < -0.39 is 0 Å². The monoisotopic (exact) mass is 260 g/mol. The Morgan fingerprint density at radius 2 is 1.78 bits per heavy atom. The topological polar surface area (TPSA) is 20.2 Å². The van der Waals surface area contributed by atoms with Crippen LogP contribution < -0.4 is 0 Å². The van der Waals surface area contributed by atoms with Gasteiger partial charge in [0.05, 0.1) is 5.02 Å². The fourth-order valence-electron chi connectivity index (χ4n) is 2.04. The van der Waals surface area contributed by atoms with E-state index in [0.29, 0.717) is 10.9 Å². The van der Waals surface area contributed by atoms with Crippen molar-refractivity contribution < 1.29 is 5.11 Å². The summed E-state index contributed by atoms with van der Waals surface area (Å²) in [6.45, 7) is 4.42. The summed E-state index contributed by atoms with van der Waals surface area (Å²) in [5.41, 5.74) is 3.42. The molecule has 0 saturated heterocycles. The van der Waals surface area contributed by atoms with Gasteiger partial charge in [0.2, 0.25) is 0 Å². The van der Waals surface area contributed by atoms with Gasteiger partial charge >= 0.3 is 0 Å². The van der Waals surface area contributed by atoms with E-state index in [1.807, 2.05) is 12.1 Å². The first-order valence-corrected chi connectivity index (χ1v) is 6.52. The number of hydrogen-bond donors (Lipinski definition) is 1. The SMILES string of the molecule is CC(C)Cc1cccc(-c2ccc(Cl)c(O)c2)c1. The molecular weight excluding hydrogens is 244 g/mol. The number of hydrogen-bond acceptors (Lipinski definition) is 1. The number of halogens is 1. The van der Waals surface area contributed by atoms with Crippen molar-refractivity contribution >= 4 is 11.6 Å². The summed E-state index contributed by atoms with van der Waals surface area (Å²) in [6, 6.07) is 13.8. The van der Waals surface area contributed by atoms with Gasteiger partial charge in [0, 0.05) is 0 Å². The standard InChI is InChI=1S/C16H17ClO/c1-11(2)8-12-4-3-5-13(9-12)14-6-7-15(17)16(18)10-14/h3-7,9-11,18H,8H2,1-2H3. The average molecular weight is 261 g/mol. The lowest BCUT2D eigenvalue weighted by Gasteiger charge is -2.08. The third-order valence-electron chi connectivity index (χ3n) is 2.85. The first-order chi connectivity index (χ1) is 8.56. The van der Waals surface area contributed by atoms with E-state index in [1.54, 1.807) is 12.1 Å². The maximum Gasteiger partial charge on any atom is 0.134 e. The zero-order chi connectivity index (χ0) is 13.1. The molecule has 0 aliphatic rings. The lowest BCUT2D eigenvalue weighted by Crippen LogP contribution is -1.93. The average Bonchev–Trinajstić information content (AvgIpc) is 2.32. The minimum absolute atomic E-state index is 0.128. The molecule has 0 aromatic heterocycles. The van der Waals surface area contributed by atoms with Gasteiger partial charge in [-0.25, -0.2) is 0 Å². The quantitative estimate of drug-likeness (QED) is 0.831. The van der Waals surface area contributed by atoms with Crippen LogP contribution in [0.4, 0.5) is 0 Å². The number of aromatic hydroxyl groups is 1. The van der Waals surface area contributed by atoms with E-state index in [-0.39, 0.29) is 5.75 Å².